The Morgan fingerprint density at radius 1 is 1.33 bits per heavy atom. The van der Waals surface area contributed by atoms with Crippen LogP contribution in [-0.2, 0) is 6.42 Å². The lowest BCUT2D eigenvalue weighted by Crippen LogP contribution is -2.44. The summed E-state index contributed by atoms with van der Waals surface area (Å²) >= 11 is 3.58. The smallest absolute Gasteiger partial charge is 0.0184 e. The molecule has 0 atom stereocenters. The predicted molar refractivity (Wildman–Crippen MR) is 81.9 cm³/mol. The van der Waals surface area contributed by atoms with Crippen LogP contribution in [0.25, 0.3) is 5.57 Å². The summed E-state index contributed by atoms with van der Waals surface area (Å²) in [5.41, 5.74) is 3.75. The number of hydrogen-bond donors (Lipinski definition) is 1. The summed E-state index contributed by atoms with van der Waals surface area (Å²) in [6.07, 6.45) is 1.11. The van der Waals surface area contributed by atoms with Crippen molar-refractivity contribution in [2.45, 2.75) is 13.3 Å². The van der Waals surface area contributed by atoms with Gasteiger partial charge in [-0.25, -0.2) is 0 Å². The highest BCUT2D eigenvalue weighted by molar-refractivity contribution is 9.10. The quantitative estimate of drug-likeness (QED) is 0.920. The van der Waals surface area contributed by atoms with Crippen LogP contribution in [0, 0.1) is 0 Å². The molecule has 3 heteroatoms. The Kier molecular flexibility index (Phi) is 4.98. The first-order chi connectivity index (χ1) is 8.65. The van der Waals surface area contributed by atoms with Crippen molar-refractivity contribution in [3.63, 3.8) is 0 Å². The molecule has 0 aromatic heterocycles. The minimum absolute atomic E-state index is 1.11. The molecular formula is C15H21BrN2. The Bertz CT molecular complexity index is 423. The standard InChI is InChI=1S/C15H21BrN2/c1-12(2)14-9-13(10-15(16)11-14)3-6-18-7-4-17-5-8-18/h9-11,17H,1,3-8H2,2H3. The van der Waals surface area contributed by atoms with E-state index in [4.69, 9.17) is 0 Å². The van der Waals surface area contributed by atoms with Crippen molar-refractivity contribution in [3.05, 3.63) is 40.4 Å². The zero-order valence-corrected chi connectivity index (χ0v) is 12.6. The van der Waals surface area contributed by atoms with Gasteiger partial charge in [-0.15, -0.1) is 0 Å². The first-order valence-corrected chi connectivity index (χ1v) is 7.33. The van der Waals surface area contributed by atoms with Crippen LogP contribution in [0.5, 0.6) is 0 Å². The molecule has 0 unspecified atom stereocenters. The second kappa shape index (κ2) is 6.50. The van der Waals surface area contributed by atoms with Gasteiger partial charge in [0.15, 0.2) is 0 Å². The third-order valence-electron chi connectivity index (χ3n) is 3.38. The van der Waals surface area contributed by atoms with Gasteiger partial charge >= 0.3 is 0 Å². The van der Waals surface area contributed by atoms with Crippen molar-refractivity contribution in [1.82, 2.24) is 10.2 Å². The van der Waals surface area contributed by atoms with Crippen LogP contribution in [0.2, 0.25) is 0 Å². The van der Waals surface area contributed by atoms with E-state index < -0.39 is 0 Å². The van der Waals surface area contributed by atoms with E-state index in [1.165, 1.54) is 24.2 Å². The zero-order valence-electron chi connectivity index (χ0n) is 11.0. The molecule has 1 N–H and O–H groups in total. The molecule has 1 saturated heterocycles. The van der Waals surface area contributed by atoms with E-state index in [0.717, 1.165) is 36.1 Å². The van der Waals surface area contributed by atoms with Crippen LogP contribution in [-0.4, -0.2) is 37.6 Å². The minimum Gasteiger partial charge on any atom is -0.314 e. The second-order valence-electron chi connectivity index (χ2n) is 4.97. The van der Waals surface area contributed by atoms with Gasteiger partial charge in [0.05, 0.1) is 0 Å². The van der Waals surface area contributed by atoms with Crippen LogP contribution in [0.15, 0.2) is 29.3 Å². The first-order valence-electron chi connectivity index (χ1n) is 6.53. The largest absolute Gasteiger partial charge is 0.314 e. The maximum absolute atomic E-state index is 4.02. The average Bonchev–Trinajstić information content (AvgIpc) is 2.37. The molecule has 18 heavy (non-hydrogen) atoms. The van der Waals surface area contributed by atoms with Crippen LogP contribution in [0.1, 0.15) is 18.1 Å². The lowest BCUT2D eigenvalue weighted by atomic mass is 10.0. The zero-order chi connectivity index (χ0) is 13.0. The minimum atomic E-state index is 1.11. The number of piperazine rings is 1. The van der Waals surface area contributed by atoms with Crippen LogP contribution in [0.4, 0.5) is 0 Å². The summed E-state index contributed by atoms with van der Waals surface area (Å²) in [6, 6.07) is 6.61. The predicted octanol–water partition coefficient (Wildman–Crippen LogP) is 2.93. The van der Waals surface area contributed by atoms with Crippen molar-refractivity contribution >= 4 is 21.5 Å². The van der Waals surface area contributed by atoms with Gasteiger partial charge in [0.2, 0.25) is 0 Å². The molecule has 2 rings (SSSR count). The molecule has 0 aliphatic carbocycles. The molecule has 1 aromatic rings. The van der Waals surface area contributed by atoms with Crippen molar-refractivity contribution < 1.29 is 0 Å². The number of rotatable bonds is 4. The highest BCUT2D eigenvalue weighted by atomic mass is 79.9. The summed E-state index contributed by atoms with van der Waals surface area (Å²) in [5, 5.41) is 3.39. The van der Waals surface area contributed by atoms with Gasteiger partial charge in [-0.1, -0.05) is 34.1 Å². The number of nitrogens with zero attached hydrogens (tertiary/aromatic N) is 1. The number of benzene rings is 1. The van der Waals surface area contributed by atoms with Crippen molar-refractivity contribution in [2.24, 2.45) is 0 Å². The van der Waals surface area contributed by atoms with E-state index >= 15 is 0 Å². The molecule has 0 amide bonds. The van der Waals surface area contributed by atoms with E-state index in [2.05, 4.69) is 57.8 Å². The molecule has 1 heterocycles. The summed E-state index contributed by atoms with van der Waals surface area (Å²) in [5.74, 6) is 0. The third kappa shape index (κ3) is 3.94. The van der Waals surface area contributed by atoms with E-state index in [0.29, 0.717) is 0 Å². The maximum Gasteiger partial charge on any atom is 0.0184 e. The molecule has 0 bridgehead atoms. The lowest BCUT2D eigenvalue weighted by Gasteiger charge is -2.27. The first kappa shape index (κ1) is 13.8. The number of hydrogen-bond acceptors (Lipinski definition) is 2. The molecule has 1 fully saturated rings. The van der Waals surface area contributed by atoms with Crippen molar-refractivity contribution in [2.75, 3.05) is 32.7 Å². The highest BCUT2D eigenvalue weighted by Crippen LogP contribution is 2.21. The van der Waals surface area contributed by atoms with Gasteiger partial charge in [-0.2, -0.15) is 0 Å². The van der Waals surface area contributed by atoms with Gasteiger partial charge in [-0.05, 0) is 36.6 Å². The van der Waals surface area contributed by atoms with Crippen molar-refractivity contribution in [3.8, 4) is 0 Å². The molecule has 1 aliphatic heterocycles. The molecule has 0 radical (unpaired) electrons. The molecular weight excluding hydrogens is 288 g/mol. The Morgan fingerprint density at radius 2 is 2.06 bits per heavy atom. The molecule has 2 nitrogen and oxygen atoms in total. The molecule has 0 saturated carbocycles. The monoisotopic (exact) mass is 308 g/mol. The van der Waals surface area contributed by atoms with Gasteiger partial charge < -0.3 is 10.2 Å². The van der Waals surface area contributed by atoms with Crippen LogP contribution in [0.3, 0.4) is 0 Å². The Morgan fingerprint density at radius 3 is 2.72 bits per heavy atom. The lowest BCUT2D eigenvalue weighted by molar-refractivity contribution is 0.244. The summed E-state index contributed by atoms with van der Waals surface area (Å²) < 4.78 is 1.15. The van der Waals surface area contributed by atoms with Gasteiger partial charge in [-0.3, -0.25) is 0 Å². The number of nitrogens with one attached hydrogen (secondary N) is 1. The summed E-state index contributed by atoms with van der Waals surface area (Å²) in [6.45, 7) is 11.8. The summed E-state index contributed by atoms with van der Waals surface area (Å²) in [7, 11) is 0. The number of halogens is 1. The Labute approximate surface area is 118 Å². The highest BCUT2D eigenvalue weighted by Gasteiger charge is 2.09. The van der Waals surface area contributed by atoms with Gasteiger partial charge in [0.1, 0.15) is 0 Å². The Balaban J connectivity index is 1.97. The fourth-order valence-corrected chi connectivity index (χ4v) is 2.80. The van der Waals surface area contributed by atoms with E-state index in [1.807, 2.05) is 0 Å². The van der Waals surface area contributed by atoms with Crippen molar-refractivity contribution in [1.29, 1.82) is 0 Å². The topological polar surface area (TPSA) is 15.3 Å². The van der Waals surface area contributed by atoms with Gasteiger partial charge in [0, 0.05) is 37.2 Å². The molecule has 98 valence electrons. The molecule has 1 aromatic carbocycles. The fraction of sp³-hybridized carbons (Fsp3) is 0.467. The number of allylic oxidation sites excluding steroid dienone is 1. The maximum atomic E-state index is 4.02. The fourth-order valence-electron chi connectivity index (χ4n) is 2.26. The van der Waals surface area contributed by atoms with E-state index in [1.54, 1.807) is 0 Å². The molecule has 1 aliphatic rings. The van der Waals surface area contributed by atoms with E-state index in [-0.39, 0.29) is 0 Å². The summed E-state index contributed by atoms with van der Waals surface area (Å²) in [4.78, 5) is 2.53. The normalized spacial score (nSPS) is 16.8. The van der Waals surface area contributed by atoms with Crippen LogP contribution < -0.4 is 5.32 Å². The Hall–Kier alpha value is -0.640. The average molecular weight is 309 g/mol. The van der Waals surface area contributed by atoms with E-state index in [9.17, 15) is 0 Å². The van der Waals surface area contributed by atoms with Crippen LogP contribution >= 0.6 is 15.9 Å². The third-order valence-corrected chi connectivity index (χ3v) is 3.83. The SMILES string of the molecule is C=C(C)c1cc(Br)cc(CCN2CCNCC2)c1. The molecule has 0 spiro atoms. The second-order valence-corrected chi connectivity index (χ2v) is 5.89. The van der Waals surface area contributed by atoms with Gasteiger partial charge in [0.25, 0.3) is 0 Å².